The van der Waals surface area contributed by atoms with E-state index in [4.69, 9.17) is 14.6 Å². The molecule has 0 fully saturated rings. The number of rotatable bonds is 13. The second-order valence-electron chi connectivity index (χ2n) is 9.15. The van der Waals surface area contributed by atoms with E-state index in [1.54, 1.807) is 66.7 Å². The van der Waals surface area contributed by atoms with E-state index in [0.717, 1.165) is 18.9 Å². The molecule has 1 amide bonds. The minimum absolute atomic E-state index is 0.0262. The van der Waals surface area contributed by atoms with Crippen LogP contribution >= 0.6 is 0 Å². The van der Waals surface area contributed by atoms with Crippen molar-refractivity contribution in [3.8, 4) is 17.2 Å². The van der Waals surface area contributed by atoms with Crippen molar-refractivity contribution in [3.63, 3.8) is 0 Å². The molecule has 0 radical (unpaired) electrons. The first-order valence-corrected chi connectivity index (χ1v) is 14.7. The molecule has 0 unspecified atom stereocenters. The zero-order chi connectivity index (χ0) is 30.0. The number of carboxylic acid groups (broad SMARTS) is 1. The van der Waals surface area contributed by atoms with E-state index in [0.29, 0.717) is 35.1 Å². The molecule has 0 aromatic heterocycles. The fraction of sp³-hybridized carbons (Fsp3) is 0.125. The van der Waals surface area contributed by atoms with Crippen LogP contribution in [0.4, 0.5) is 11.4 Å². The average Bonchev–Trinajstić information content (AvgIpc) is 2.99. The molecule has 0 saturated heterocycles. The van der Waals surface area contributed by atoms with Crippen LogP contribution in [0.15, 0.2) is 108 Å². The van der Waals surface area contributed by atoms with Gasteiger partial charge in [0.1, 0.15) is 17.2 Å². The van der Waals surface area contributed by atoms with Crippen LogP contribution in [-0.4, -0.2) is 32.0 Å². The normalized spacial score (nSPS) is 11.2. The van der Waals surface area contributed by atoms with Crippen molar-refractivity contribution in [2.24, 2.45) is 0 Å². The molecule has 4 aromatic carbocycles. The van der Waals surface area contributed by atoms with E-state index in [9.17, 15) is 18.0 Å². The number of amides is 1. The largest absolute Gasteiger partial charge is 0.494 e. The van der Waals surface area contributed by atoms with Gasteiger partial charge in [0.05, 0.1) is 17.2 Å². The third-order valence-electron chi connectivity index (χ3n) is 5.96. The predicted octanol–water partition coefficient (Wildman–Crippen LogP) is 6.81. The molecule has 0 aliphatic rings. The predicted molar refractivity (Wildman–Crippen MR) is 162 cm³/mol. The minimum atomic E-state index is -3.99. The lowest BCUT2D eigenvalue weighted by Gasteiger charge is -2.14. The van der Waals surface area contributed by atoms with Crippen molar-refractivity contribution in [1.29, 1.82) is 0 Å². The Kier molecular flexibility index (Phi) is 9.96. The van der Waals surface area contributed by atoms with Gasteiger partial charge in [0.25, 0.3) is 15.9 Å². The Morgan fingerprint density at radius 3 is 2.19 bits per heavy atom. The van der Waals surface area contributed by atoms with Gasteiger partial charge in [-0.05, 0) is 91.4 Å². The van der Waals surface area contributed by atoms with Gasteiger partial charge in [-0.3, -0.25) is 9.52 Å². The Bertz CT molecular complexity index is 1650. The van der Waals surface area contributed by atoms with Gasteiger partial charge in [0.2, 0.25) is 0 Å². The summed E-state index contributed by atoms with van der Waals surface area (Å²) < 4.78 is 40.2. The van der Waals surface area contributed by atoms with E-state index in [-0.39, 0.29) is 22.1 Å². The van der Waals surface area contributed by atoms with Crippen LogP contribution in [0.25, 0.3) is 6.08 Å². The fourth-order valence-electron chi connectivity index (χ4n) is 3.78. The summed E-state index contributed by atoms with van der Waals surface area (Å²) in [6, 6.07) is 26.2. The van der Waals surface area contributed by atoms with Gasteiger partial charge in [0, 0.05) is 22.9 Å². The first-order chi connectivity index (χ1) is 20.2. The van der Waals surface area contributed by atoms with Gasteiger partial charge >= 0.3 is 5.97 Å². The molecule has 0 spiro atoms. The topological polar surface area (TPSA) is 131 Å². The Hall–Kier alpha value is -5.09. The molecule has 4 aromatic rings. The van der Waals surface area contributed by atoms with Crippen LogP contribution in [0.2, 0.25) is 0 Å². The van der Waals surface area contributed by atoms with E-state index in [1.807, 2.05) is 6.07 Å². The molecule has 0 aliphatic carbocycles. The van der Waals surface area contributed by atoms with Gasteiger partial charge in [-0.2, -0.15) is 0 Å². The SMILES string of the molecule is CCCCOc1ccc(S(=O)(=O)Nc2ccc(Oc3ccc(NC(=O)c4ccccc4)cc3)cc2/C=C/C(=O)O)cc1. The maximum atomic E-state index is 13.1. The number of unbranched alkanes of at least 4 members (excludes halogenated alkanes) is 1. The lowest BCUT2D eigenvalue weighted by Crippen LogP contribution is -2.13. The highest BCUT2D eigenvalue weighted by molar-refractivity contribution is 7.92. The molecule has 0 atom stereocenters. The van der Waals surface area contributed by atoms with Crippen molar-refractivity contribution in [3.05, 3.63) is 114 Å². The Labute approximate surface area is 244 Å². The van der Waals surface area contributed by atoms with Crippen LogP contribution in [-0.2, 0) is 14.8 Å². The van der Waals surface area contributed by atoms with Crippen LogP contribution in [0.3, 0.4) is 0 Å². The van der Waals surface area contributed by atoms with Gasteiger partial charge < -0.3 is 19.9 Å². The van der Waals surface area contributed by atoms with Crippen molar-refractivity contribution in [2.75, 3.05) is 16.6 Å². The first-order valence-electron chi connectivity index (χ1n) is 13.2. The number of nitrogens with one attached hydrogen (secondary N) is 2. The number of carbonyl (C=O) groups excluding carboxylic acids is 1. The Morgan fingerprint density at radius 2 is 1.52 bits per heavy atom. The zero-order valence-corrected chi connectivity index (χ0v) is 23.6. The highest BCUT2D eigenvalue weighted by atomic mass is 32.2. The summed E-state index contributed by atoms with van der Waals surface area (Å²) in [7, 11) is -3.99. The van der Waals surface area contributed by atoms with Crippen LogP contribution in [0.5, 0.6) is 17.2 Å². The molecule has 0 saturated carbocycles. The molecule has 0 heterocycles. The van der Waals surface area contributed by atoms with Crippen molar-refractivity contribution in [1.82, 2.24) is 0 Å². The van der Waals surface area contributed by atoms with E-state index in [1.165, 1.54) is 30.3 Å². The summed E-state index contributed by atoms with van der Waals surface area (Å²) >= 11 is 0. The van der Waals surface area contributed by atoms with Crippen molar-refractivity contribution < 1.29 is 32.6 Å². The highest BCUT2D eigenvalue weighted by Gasteiger charge is 2.17. The van der Waals surface area contributed by atoms with Crippen molar-refractivity contribution >= 4 is 39.4 Å². The summed E-state index contributed by atoms with van der Waals surface area (Å²) in [6.45, 7) is 2.60. The summed E-state index contributed by atoms with van der Waals surface area (Å²) in [4.78, 5) is 23.6. The molecule has 216 valence electrons. The van der Waals surface area contributed by atoms with Crippen molar-refractivity contribution in [2.45, 2.75) is 24.7 Å². The van der Waals surface area contributed by atoms with Gasteiger partial charge in [0.15, 0.2) is 0 Å². The second-order valence-corrected chi connectivity index (χ2v) is 10.8. The number of carbonyl (C=O) groups is 2. The Morgan fingerprint density at radius 1 is 0.857 bits per heavy atom. The quantitative estimate of drug-likeness (QED) is 0.116. The van der Waals surface area contributed by atoms with E-state index >= 15 is 0 Å². The van der Waals surface area contributed by atoms with Crippen LogP contribution < -0.4 is 19.5 Å². The molecular formula is C32H30N2O7S. The number of carboxylic acids is 1. The minimum Gasteiger partial charge on any atom is -0.494 e. The number of benzene rings is 4. The fourth-order valence-corrected chi connectivity index (χ4v) is 4.87. The monoisotopic (exact) mass is 586 g/mol. The molecular weight excluding hydrogens is 556 g/mol. The number of anilines is 2. The van der Waals surface area contributed by atoms with Crippen LogP contribution in [0.1, 0.15) is 35.7 Å². The van der Waals surface area contributed by atoms with Crippen LogP contribution in [0, 0.1) is 0 Å². The third-order valence-corrected chi connectivity index (χ3v) is 7.34. The number of hydrogen-bond donors (Lipinski definition) is 3. The summed E-state index contributed by atoms with van der Waals surface area (Å²) in [6.07, 6.45) is 4.07. The summed E-state index contributed by atoms with van der Waals surface area (Å²) in [5.74, 6) is -0.0657. The van der Waals surface area contributed by atoms with E-state index in [2.05, 4.69) is 17.0 Å². The zero-order valence-electron chi connectivity index (χ0n) is 22.8. The third kappa shape index (κ3) is 8.45. The van der Waals surface area contributed by atoms with Gasteiger partial charge in [-0.1, -0.05) is 31.5 Å². The van der Waals surface area contributed by atoms with E-state index < -0.39 is 16.0 Å². The molecule has 3 N–H and O–H groups in total. The lowest BCUT2D eigenvalue weighted by atomic mass is 10.1. The van der Waals surface area contributed by atoms with Gasteiger partial charge in [-0.15, -0.1) is 0 Å². The number of hydrogen-bond acceptors (Lipinski definition) is 6. The molecule has 4 rings (SSSR count). The molecule has 9 nitrogen and oxygen atoms in total. The highest BCUT2D eigenvalue weighted by Crippen LogP contribution is 2.30. The average molecular weight is 587 g/mol. The number of sulfonamides is 1. The summed E-state index contributed by atoms with van der Waals surface area (Å²) in [5.41, 5.74) is 1.56. The number of ether oxygens (including phenoxy) is 2. The molecule has 10 heteroatoms. The Balaban J connectivity index is 1.48. The number of aliphatic carboxylic acids is 1. The first kappa shape index (κ1) is 29.9. The smallest absolute Gasteiger partial charge is 0.328 e. The second kappa shape index (κ2) is 14.0. The molecule has 0 aliphatic heterocycles. The summed E-state index contributed by atoms with van der Waals surface area (Å²) in [5, 5.41) is 12.0. The lowest BCUT2D eigenvalue weighted by molar-refractivity contribution is -0.131. The van der Waals surface area contributed by atoms with Gasteiger partial charge in [-0.25, -0.2) is 13.2 Å². The standard InChI is InChI=1S/C32H30N2O7S/c1-2-3-21-40-26-14-17-29(18-15-26)42(38,39)34-30-19-16-28(22-24(30)9-20-31(35)36)41-27-12-10-25(11-13-27)33-32(37)23-7-5-4-6-8-23/h4-20,22,34H,2-3,21H2,1H3,(H,33,37)(H,35,36)/b20-9+. The molecule has 42 heavy (non-hydrogen) atoms. The maximum Gasteiger partial charge on any atom is 0.328 e. The molecule has 0 bridgehead atoms. The maximum absolute atomic E-state index is 13.1.